The summed E-state index contributed by atoms with van der Waals surface area (Å²) in [6, 6.07) is 19.2. The first-order chi connectivity index (χ1) is 20.4. The molecule has 2 unspecified atom stereocenters. The summed E-state index contributed by atoms with van der Waals surface area (Å²) < 4.78 is 19.6. The number of anilines is 2. The van der Waals surface area contributed by atoms with Gasteiger partial charge in [0.15, 0.2) is 0 Å². The predicted octanol–water partition coefficient (Wildman–Crippen LogP) is 4.50. The maximum atomic E-state index is 13.8. The van der Waals surface area contributed by atoms with Crippen LogP contribution in [-0.2, 0) is 5.44 Å². The molecular weight excluding hydrogens is 530 g/mol. The van der Waals surface area contributed by atoms with E-state index in [2.05, 4.69) is 61.7 Å². The van der Waals surface area contributed by atoms with Crippen LogP contribution in [0.5, 0.6) is 5.75 Å². The van der Waals surface area contributed by atoms with Gasteiger partial charge in [-0.1, -0.05) is 43.3 Å². The van der Waals surface area contributed by atoms with Gasteiger partial charge < -0.3 is 15.4 Å². The fraction of sp³-hybridized carbons (Fsp3) is 0.323. The normalized spacial score (nSPS) is 19.1. The Morgan fingerprint density at radius 2 is 2.00 bits per heavy atom. The number of nitrogens with zero attached hydrogens (tertiary/aromatic N) is 4. The van der Waals surface area contributed by atoms with Gasteiger partial charge in [0.25, 0.3) is 0 Å². The van der Waals surface area contributed by atoms with Gasteiger partial charge >= 0.3 is 0 Å². The van der Waals surface area contributed by atoms with Crippen molar-refractivity contribution < 1.29 is 9.13 Å². The minimum absolute atomic E-state index is 0.0347. The zero-order valence-electron chi connectivity index (χ0n) is 23.6. The van der Waals surface area contributed by atoms with Crippen LogP contribution in [0.25, 0.3) is 10.9 Å². The van der Waals surface area contributed by atoms with Gasteiger partial charge in [-0.15, -0.1) is 0 Å². The smallest absolute Gasteiger partial charge is 0.212 e. The molecule has 11 heteroatoms. The molecule has 4 N–H and O–H groups in total. The number of hydrogen-bond donors (Lipinski definition) is 4. The number of nitriles is 1. The zero-order valence-corrected chi connectivity index (χ0v) is 23.6. The van der Waals surface area contributed by atoms with Gasteiger partial charge in [0, 0.05) is 47.6 Å². The van der Waals surface area contributed by atoms with E-state index in [1.165, 1.54) is 12.3 Å². The Morgan fingerprint density at radius 3 is 2.67 bits per heavy atom. The number of rotatable bonds is 10. The van der Waals surface area contributed by atoms with Crippen molar-refractivity contribution in [2.24, 2.45) is 0 Å². The van der Waals surface area contributed by atoms with E-state index < -0.39 is 11.4 Å². The second-order valence-corrected chi connectivity index (χ2v) is 10.8. The number of methoxy groups -OCH3 is 1. The highest BCUT2D eigenvalue weighted by molar-refractivity contribution is 6.18. The molecule has 6 rings (SSSR count). The van der Waals surface area contributed by atoms with Crippen LogP contribution in [0.3, 0.4) is 0 Å². The Morgan fingerprint density at radius 1 is 1.19 bits per heavy atom. The van der Waals surface area contributed by atoms with Crippen molar-refractivity contribution in [3.8, 4) is 11.8 Å². The van der Waals surface area contributed by atoms with E-state index in [1.54, 1.807) is 19.4 Å². The summed E-state index contributed by atoms with van der Waals surface area (Å²) in [6.07, 6.45) is 6.07. The van der Waals surface area contributed by atoms with Gasteiger partial charge in [0.1, 0.15) is 25.2 Å². The van der Waals surface area contributed by atoms with Gasteiger partial charge in [-0.2, -0.15) is 15.2 Å². The summed E-state index contributed by atoms with van der Waals surface area (Å²) in [4.78, 5) is 8.47. The summed E-state index contributed by atoms with van der Waals surface area (Å²) >= 11 is 0. The molecule has 1 saturated carbocycles. The van der Waals surface area contributed by atoms with Crippen molar-refractivity contribution in [1.29, 1.82) is 5.26 Å². The fourth-order valence-corrected chi connectivity index (χ4v) is 5.57. The monoisotopic (exact) mass is 562 g/mol. The molecular formula is C31H32BFN8O. The molecule has 2 radical (unpaired) electrons. The maximum Gasteiger partial charge on any atom is 0.212 e. The summed E-state index contributed by atoms with van der Waals surface area (Å²) in [6.45, 7) is 2.72. The molecule has 3 heterocycles. The Kier molecular flexibility index (Phi) is 7.69. The van der Waals surface area contributed by atoms with Crippen LogP contribution in [0, 0.1) is 17.3 Å². The minimum atomic E-state index is -1.19. The van der Waals surface area contributed by atoms with Crippen LogP contribution < -0.4 is 26.3 Å². The average molecular weight is 562 g/mol. The predicted molar refractivity (Wildman–Crippen MR) is 161 cm³/mol. The van der Waals surface area contributed by atoms with E-state index in [-0.39, 0.29) is 12.1 Å². The van der Waals surface area contributed by atoms with Gasteiger partial charge in [-0.3, -0.25) is 4.98 Å². The summed E-state index contributed by atoms with van der Waals surface area (Å²) in [5.41, 5.74) is 9.42. The maximum absolute atomic E-state index is 13.8. The number of nitrogens with one attached hydrogen (secondary N) is 4. The molecule has 2 aromatic carbocycles. The minimum Gasteiger partial charge on any atom is -0.494 e. The second-order valence-electron chi connectivity index (χ2n) is 10.8. The van der Waals surface area contributed by atoms with Crippen molar-refractivity contribution in [2.75, 3.05) is 24.3 Å². The molecule has 0 amide bonds. The van der Waals surface area contributed by atoms with E-state index in [1.807, 2.05) is 30.3 Å². The number of benzene rings is 2. The lowest BCUT2D eigenvalue weighted by Crippen LogP contribution is -2.54. The molecule has 0 bridgehead atoms. The Bertz CT molecular complexity index is 1610. The van der Waals surface area contributed by atoms with Crippen molar-refractivity contribution in [1.82, 2.24) is 25.9 Å². The zero-order chi connectivity index (χ0) is 29.3. The van der Waals surface area contributed by atoms with Gasteiger partial charge in [-0.25, -0.2) is 15.4 Å². The molecule has 3 atom stereocenters. The Labute approximate surface area is 245 Å². The lowest BCUT2D eigenvalue weighted by Gasteiger charge is -2.38. The Balaban J connectivity index is 1.44. The number of pyridine rings is 2. The highest BCUT2D eigenvalue weighted by Gasteiger charge is 2.43. The van der Waals surface area contributed by atoms with Gasteiger partial charge in [-0.05, 0) is 42.5 Å². The lowest BCUT2D eigenvalue weighted by atomic mass is 9.67. The quantitative estimate of drug-likeness (QED) is 0.164. The summed E-state index contributed by atoms with van der Waals surface area (Å²) in [7, 11) is 8.75. The molecule has 1 saturated heterocycles. The van der Waals surface area contributed by atoms with E-state index in [0.29, 0.717) is 51.7 Å². The molecule has 212 valence electrons. The molecule has 1 aliphatic heterocycles. The number of hydrogen-bond acceptors (Lipinski definition) is 9. The molecule has 2 fully saturated rings. The summed E-state index contributed by atoms with van der Waals surface area (Å²) in [5.74, 6) is -0.0627. The first-order valence-electron chi connectivity index (χ1n) is 14.1. The standard InChI is InChI=1S/C31H32BFN8O/c1-3-25(19-7-5-4-6-8-19)37-29-20(15-34)16-36-30-24(29)13-22(14-26(30)42-2)38-31(32,21-9-12-28(33)35-17-21)27-18-41(40-39-27)23-10-11-23/h4-9,12-14,16-17,23,25,27,38-40H,3,10-11,18H2,1-2H3,(H,36,37)/t25-,27?,31?/m1/s1. The SMILES string of the molecule is [B]C(Nc1cc(OC)c2ncc(C#N)c(N[C@H](CC)c3ccccc3)c2c1)(c1ccc(F)nc1)C1CN(C2CC2)NN1. The number of halogens is 1. The average Bonchev–Trinajstić information content (AvgIpc) is 3.75. The van der Waals surface area contributed by atoms with Crippen LogP contribution in [0.15, 0.2) is 67.0 Å². The van der Waals surface area contributed by atoms with Crippen molar-refractivity contribution in [2.45, 2.75) is 49.8 Å². The highest BCUT2D eigenvalue weighted by Crippen LogP contribution is 2.39. The van der Waals surface area contributed by atoms with Crippen LogP contribution in [0.4, 0.5) is 15.8 Å². The summed E-state index contributed by atoms with van der Waals surface area (Å²) in [5, 5.41) is 20.0. The molecule has 42 heavy (non-hydrogen) atoms. The van der Waals surface area contributed by atoms with E-state index in [4.69, 9.17) is 12.6 Å². The van der Waals surface area contributed by atoms with E-state index in [0.717, 1.165) is 24.8 Å². The first kappa shape index (κ1) is 27.9. The molecule has 9 nitrogen and oxygen atoms in total. The molecule has 1 aliphatic carbocycles. The van der Waals surface area contributed by atoms with Crippen LogP contribution in [0.1, 0.15) is 48.9 Å². The third-order valence-electron chi connectivity index (χ3n) is 8.06. The lowest BCUT2D eigenvalue weighted by molar-refractivity contribution is 0.222. The van der Waals surface area contributed by atoms with Gasteiger partial charge in [0.05, 0.1) is 30.4 Å². The topological polar surface area (TPSA) is 110 Å². The van der Waals surface area contributed by atoms with E-state index in [9.17, 15) is 9.65 Å². The number of fused-ring (bicyclic) bond motifs is 1. The van der Waals surface area contributed by atoms with Crippen LogP contribution in [-0.4, -0.2) is 48.6 Å². The highest BCUT2D eigenvalue weighted by atomic mass is 19.1. The number of hydrazine groups is 2. The third-order valence-corrected chi connectivity index (χ3v) is 8.06. The van der Waals surface area contributed by atoms with E-state index >= 15 is 0 Å². The fourth-order valence-electron chi connectivity index (χ4n) is 5.57. The molecule has 4 aromatic rings. The first-order valence-corrected chi connectivity index (χ1v) is 14.1. The number of ether oxygens (including phenoxy) is 1. The molecule has 2 aliphatic rings. The third kappa shape index (κ3) is 5.36. The second kappa shape index (κ2) is 11.6. The Hall–Kier alpha value is -4.24. The van der Waals surface area contributed by atoms with Crippen LogP contribution >= 0.6 is 0 Å². The van der Waals surface area contributed by atoms with Crippen LogP contribution in [0.2, 0.25) is 0 Å². The van der Waals surface area contributed by atoms with Crippen molar-refractivity contribution in [3.05, 3.63) is 89.6 Å². The number of aromatic nitrogens is 2. The van der Waals surface area contributed by atoms with Gasteiger partial charge in [0.2, 0.25) is 5.95 Å². The molecule has 0 spiro atoms. The van der Waals surface area contributed by atoms with Crippen molar-refractivity contribution in [3.63, 3.8) is 0 Å². The van der Waals surface area contributed by atoms with Crippen molar-refractivity contribution >= 4 is 30.1 Å². The molecule has 2 aromatic heterocycles. The largest absolute Gasteiger partial charge is 0.494 e.